The molecule has 0 aliphatic carbocycles. The van der Waals surface area contributed by atoms with E-state index in [1.54, 1.807) is 0 Å². The predicted octanol–water partition coefficient (Wildman–Crippen LogP) is -0.937. The summed E-state index contributed by atoms with van der Waals surface area (Å²) in [6.45, 7) is -0.329. The Morgan fingerprint density at radius 1 is 1.69 bits per heavy atom. The van der Waals surface area contributed by atoms with E-state index in [2.05, 4.69) is 9.84 Å². The summed E-state index contributed by atoms with van der Waals surface area (Å²) in [5, 5.41) is 14.0. The van der Waals surface area contributed by atoms with Crippen LogP contribution in [-0.4, -0.2) is 33.7 Å². The Kier molecular flexibility index (Phi) is 3.18. The van der Waals surface area contributed by atoms with Crippen LogP contribution in [0.25, 0.3) is 0 Å². The fourth-order valence-electron chi connectivity index (χ4n) is 0.998. The third-order valence-electron chi connectivity index (χ3n) is 1.69. The summed E-state index contributed by atoms with van der Waals surface area (Å²) in [6, 6.07) is 0. The number of aromatic nitrogens is 2. The number of nitrogens with two attached hydrogens (primary N) is 1. The van der Waals surface area contributed by atoms with E-state index in [1.807, 2.05) is 0 Å². The average Bonchev–Trinajstić information content (AvgIpc) is 2.61. The van der Waals surface area contributed by atoms with Gasteiger partial charge in [0.1, 0.15) is 12.7 Å². The first-order valence-electron chi connectivity index (χ1n) is 4.04. The molecule has 16 heavy (non-hydrogen) atoms. The van der Waals surface area contributed by atoms with Crippen molar-refractivity contribution in [2.45, 2.75) is 6.54 Å². The molecule has 0 unspecified atom stereocenters. The second kappa shape index (κ2) is 4.38. The van der Waals surface area contributed by atoms with Crippen molar-refractivity contribution in [2.75, 3.05) is 7.11 Å². The van der Waals surface area contributed by atoms with Crippen LogP contribution in [0.2, 0.25) is 0 Å². The molecule has 86 valence electrons. The summed E-state index contributed by atoms with van der Waals surface area (Å²) in [6.07, 6.45) is 0.941. The van der Waals surface area contributed by atoms with Gasteiger partial charge in [-0.3, -0.25) is 24.4 Å². The number of ether oxygens (including phenoxy) is 1. The molecule has 0 aliphatic heterocycles. The lowest BCUT2D eigenvalue weighted by molar-refractivity contribution is -0.385. The SMILES string of the molecule is COC(=O)Cn1cc([N+](=O)[O-])c(C(N)=O)n1. The molecule has 0 aliphatic rings. The lowest BCUT2D eigenvalue weighted by atomic mass is 10.4. The molecule has 1 rings (SSSR count). The number of carbonyl (C=O) groups excluding carboxylic acids is 2. The minimum Gasteiger partial charge on any atom is -0.468 e. The smallest absolute Gasteiger partial charge is 0.327 e. The van der Waals surface area contributed by atoms with Crippen LogP contribution in [-0.2, 0) is 16.1 Å². The Bertz CT molecular complexity index is 420. The van der Waals surface area contributed by atoms with Crippen molar-refractivity contribution in [3.63, 3.8) is 0 Å². The number of rotatable bonds is 4. The topological polar surface area (TPSA) is 130 Å². The van der Waals surface area contributed by atoms with Gasteiger partial charge in [-0.2, -0.15) is 5.10 Å². The molecule has 0 fully saturated rings. The molecule has 1 amide bonds. The molecule has 1 aromatic rings. The maximum atomic E-state index is 10.9. The van der Waals surface area contributed by atoms with E-state index in [-0.39, 0.29) is 6.54 Å². The standard InChI is InChI=1S/C7H8N4O5/c1-16-5(12)3-10-2-4(11(14)15)6(9-10)7(8)13/h2H,3H2,1H3,(H2,8,13). The molecular weight excluding hydrogens is 220 g/mol. The normalized spacial score (nSPS) is 9.81. The molecule has 1 heterocycles. The second-order valence-corrected chi connectivity index (χ2v) is 2.76. The molecule has 0 bridgehead atoms. The molecule has 0 saturated heterocycles. The van der Waals surface area contributed by atoms with Crippen LogP contribution in [0, 0.1) is 10.1 Å². The fraction of sp³-hybridized carbons (Fsp3) is 0.286. The first-order valence-corrected chi connectivity index (χ1v) is 4.04. The Morgan fingerprint density at radius 3 is 2.69 bits per heavy atom. The highest BCUT2D eigenvalue weighted by atomic mass is 16.6. The van der Waals surface area contributed by atoms with E-state index in [9.17, 15) is 19.7 Å². The second-order valence-electron chi connectivity index (χ2n) is 2.76. The number of nitrogens with zero attached hydrogens (tertiary/aromatic N) is 3. The van der Waals surface area contributed by atoms with Crippen LogP contribution in [0.3, 0.4) is 0 Å². The summed E-state index contributed by atoms with van der Waals surface area (Å²) in [7, 11) is 1.16. The quantitative estimate of drug-likeness (QED) is 0.402. The largest absolute Gasteiger partial charge is 0.468 e. The zero-order valence-electron chi connectivity index (χ0n) is 8.24. The molecule has 0 aromatic carbocycles. The molecule has 9 heteroatoms. The van der Waals surface area contributed by atoms with Gasteiger partial charge in [0, 0.05) is 0 Å². The predicted molar refractivity (Wildman–Crippen MR) is 49.4 cm³/mol. The molecule has 1 aromatic heterocycles. The van der Waals surface area contributed by atoms with Crippen LogP contribution >= 0.6 is 0 Å². The molecular formula is C7H8N4O5. The van der Waals surface area contributed by atoms with E-state index in [0.717, 1.165) is 18.0 Å². The van der Waals surface area contributed by atoms with Crippen molar-refractivity contribution in [3.8, 4) is 0 Å². The Labute approximate surface area is 88.9 Å². The van der Waals surface area contributed by atoms with Crippen molar-refractivity contribution in [1.29, 1.82) is 0 Å². The van der Waals surface area contributed by atoms with E-state index >= 15 is 0 Å². The highest BCUT2D eigenvalue weighted by molar-refractivity contribution is 5.94. The summed E-state index contributed by atoms with van der Waals surface area (Å²) in [5.74, 6) is -1.68. The number of esters is 1. The van der Waals surface area contributed by atoms with E-state index < -0.39 is 28.2 Å². The molecule has 9 nitrogen and oxygen atoms in total. The molecule has 0 saturated carbocycles. The van der Waals surface area contributed by atoms with Crippen LogP contribution < -0.4 is 5.73 Å². The van der Waals surface area contributed by atoms with Crippen LogP contribution in [0.15, 0.2) is 6.20 Å². The number of carbonyl (C=O) groups is 2. The lowest BCUT2D eigenvalue weighted by Gasteiger charge is -1.97. The third kappa shape index (κ3) is 2.32. The first kappa shape index (κ1) is 11.6. The van der Waals surface area contributed by atoms with Gasteiger partial charge < -0.3 is 10.5 Å². The zero-order valence-corrected chi connectivity index (χ0v) is 8.24. The minimum absolute atomic E-state index is 0.329. The van der Waals surface area contributed by atoms with Gasteiger partial charge in [0.25, 0.3) is 5.91 Å². The van der Waals surface area contributed by atoms with Crippen LogP contribution in [0.5, 0.6) is 0 Å². The van der Waals surface area contributed by atoms with Crippen molar-refractivity contribution < 1.29 is 19.2 Å². The van der Waals surface area contributed by atoms with Gasteiger partial charge in [-0.05, 0) is 0 Å². The van der Waals surface area contributed by atoms with Gasteiger partial charge in [0.15, 0.2) is 0 Å². The molecule has 2 N–H and O–H groups in total. The van der Waals surface area contributed by atoms with E-state index in [1.165, 1.54) is 0 Å². The minimum atomic E-state index is -1.03. The lowest BCUT2D eigenvalue weighted by Crippen LogP contribution is -2.16. The Morgan fingerprint density at radius 2 is 2.31 bits per heavy atom. The number of hydrogen-bond acceptors (Lipinski definition) is 6. The summed E-state index contributed by atoms with van der Waals surface area (Å²) >= 11 is 0. The summed E-state index contributed by atoms with van der Waals surface area (Å²) in [4.78, 5) is 31.4. The van der Waals surface area contributed by atoms with E-state index in [4.69, 9.17) is 5.73 Å². The highest BCUT2D eigenvalue weighted by Gasteiger charge is 2.24. The van der Waals surface area contributed by atoms with E-state index in [0.29, 0.717) is 0 Å². The number of amides is 1. The maximum absolute atomic E-state index is 10.9. The highest BCUT2D eigenvalue weighted by Crippen LogP contribution is 2.15. The third-order valence-corrected chi connectivity index (χ3v) is 1.69. The number of primary amides is 1. The van der Waals surface area contributed by atoms with Gasteiger partial charge in [-0.25, -0.2) is 0 Å². The molecule has 0 radical (unpaired) electrons. The summed E-state index contributed by atoms with van der Waals surface area (Å²) < 4.78 is 5.26. The Balaban J connectivity index is 3.06. The van der Waals surface area contributed by atoms with Crippen molar-refractivity contribution in [1.82, 2.24) is 9.78 Å². The zero-order chi connectivity index (χ0) is 12.3. The van der Waals surface area contributed by atoms with Crippen molar-refractivity contribution >= 4 is 17.6 Å². The van der Waals surface area contributed by atoms with Gasteiger partial charge in [-0.15, -0.1) is 0 Å². The van der Waals surface area contributed by atoms with Crippen molar-refractivity contribution in [2.24, 2.45) is 5.73 Å². The van der Waals surface area contributed by atoms with Gasteiger partial charge in [0.05, 0.1) is 12.0 Å². The van der Waals surface area contributed by atoms with Crippen LogP contribution in [0.1, 0.15) is 10.5 Å². The van der Waals surface area contributed by atoms with Crippen LogP contribution in [0.4, 0.5) is 5.69 Å². The molecule has 0 atom stereocenters. The number of methoxy groups -OCH3 is 1. The van der Waals surface area contributed by atoms with Gasteiger partial charge in [0.2, 0.25) is 5.69 Å². The Hall–Kier alpha value is -2.45. The van der Waals surface area contributed by atoms with Gasteiger partial charge >= 0.3 is 11.7 Å². The first-order chi connectivity index (χ1) is 7.45. The summed E-state index contributed by atoms with van der Waals surface area (Å²) in [5.41, 5.74) is 3.86. The monoisotopic (exact) mass is 228 g/mol. The average molecular weight is 228 g/mol. The number of nitro groups is 1. The molecule has 0 spiro atoms. The number of hydrogen-bond donors (Lipinski definition) is 1. The van der Waals surface area contributed by atoms with Crippen molar-refractivity contribution in [3.05, 3.63) is 22.0 Å². The maximum Gasteiger partial charge on any atom is 0.327 e. The van der Waals surface area contributed by atoms with Gasteiger partial charge in [-0.1, -0.05) is 0 Å². The fourth-order valence-corrected chi connectivity index (χ4v) is 0.998.